The number of carbonyl (C=O) groups excluding carboxylic acids is 1. The lowest BCUT2D eigenvalue weighted by Crippen LogP contribution is -2.51. The Labute approximate surface area is 174 Å². The fourth-order valence-electron chi connectivity index (χ4n) is 2.90. The molecule has 3 rings (SSSR count). The fraction of sp³-hybridized carbons (Fsp3) is 0.412. The molecular weight excluding hydrogens is 461 g/mol. The van der Waals surface area contributed by atoms with Gasteiger partial charge in [-0.2, -0.15) is 0 Å². The Bertz CT molecular complexity index is 766. The molecule has 0 radical (unpaired) electrons. The molecule has 1 aliphatic rings. The summed E-state index contributed by atoms with van der Waals surface area (Å²) in [5.41, 5.74) is 5.19. The first kappa shape index (κ1) is 20.9. The van der Waals surface area contributed by atoms with Crippen molar-refractivity contribution in [1.82, 2.24) is 20.6 Å². The van der Waals surface area contributed by atoms with Crippen LogP contribution in [0.5, 0.6) is 0 Å². The summed E-state index contributed by atoms with van der Waals surface area (Å²) in [6, 6.07) is 5.33. The molecule has 1 atom stereocenters. The van der Waals surface area contributed by atoms with Crippen molar-refractivity contribution in [3.05, 3.63) is 42.1 Å². The molecule has 0 spiro atoms. The molecule has 4 N–H and O–H groups in total. The van der Waals surface area contributed by atoms with E-state index < -0.39 is 5.91 Å². The van der Waals surface area contributed by atoms with Crippen LogP contribution in [0, 0.1) is 0 Å². The first-order valence-corrected chi connectivity index (χ1v) is 8.53. The average molecular weight is 485 g/mol. The van der Waals surface area contributed by atoms with Crippen molar-refractivity contribution in [3.8, 4) is 0 Å². The molecule has 9 nitrogen and oxygen atoms in total. The predicted molar refractivity (Wildman–Crippen MR) is 113 cm³/mol. The van der Waals surface area contributed by atoms with Gasteiger partial charge in [-0.1, -0.05) is 0 Å². The topological polar surface area (TPSA) is 122 Å². The van der Waals surface area contributed by atoms with Gasteiger partial charge in [0.2, 0.25) is 5.95 Å². The summed E-state index contributed by atoms with van der Waals surface area (Å²) in [5, 5.41) is 6.60. The van der Waals surface area contributed by atoms with Gasteiger partial charge in [-0.05, 0) is 31.0 Å². The van der Waals surface area contributed by atoms with E-state index in [9.17, 15) is 4.79 Å². The minimum absolute atomic E-state index is 0. The maximum Gasteiger partial charge on any atom is 0.284 e. The number of nitrogens with one attached hydrogen (secondary N) is 2. The van der Waals surface area contributed by atoms with Gasteiger partial charge in [0.15, 0.2) is 11.7 Å². The number of primary amides is 1. The first-order chi connectivity index (χ1) is 12.7. The molecule has 0 aliphatic carbocycles. The maximum atomic E-state index is 11.1. The Balaban J connectivity index is 0.00000261. The predicted octanol–water partition coefficient (Wildman–Crippen LogP) is 1.12. The van der Waals surface area contributed by atoms with Crippen molar-refractivity contribution >= 4 is 41.8 Å². The number of carbonyl (C=O) groups is 1. The van der Waals surface area contributed by atoms with Crippen LogP contribution in [0.1, 0.15) is 29.2 Å². The summed E-state index contributed by atoms with van der Waals surface area (Å²) in [7, 11) is 1.72. The number of hydrogen-bond donors (Lipinski definition) is 3. The van der Waals surface area contributed by atoms with Gasteiger partial charge in [-0.3, -0.25) is 9.79 Å². The van der Waals surface area contributed by atoms with E-state index in [0.29, 0.717) is 18.3 Å². The number of furan rings is 1. The molecule has 10 heteroatoms. The third-order valence-electron chi connectivity index (χ3n) is 4.16. The summed E-state index contributed by atoms with van der Waals surface area (Å²) in [6.45, 7) is 2.15. The number of aliphatic imine (C=N–C) groups is 1. The number of anilines is 1. The highest BCUT2D eigenvalue weighted by Crippen LogP contribution is 2.15. The van der Waals surface area contributed by atoms with E-state index in [4.69, 9.17) is 10.2 Å². The van der Waals surface area contributed by atoms with Gasteiger partial charge in [0.25, 0.3) is 5.91 Å². The summed E-state index contributed by atoms with van der Waals surface area (Å²) in [5.74, 6) is 1.60. The van der Waals surface area contributed by atoms with Crippen molar-refractivity contribution < 1.29 is 9.21 Å². The number of amides is 1. The van der Waals surface area contributed by atoms with Gasteiger partial charge in [0, 0.05) is 38.6 Å². The molecule has 2 aromatic heterocycles. The first-order valence-electron chi connectivity index (χ1n) is 8.53. The van der Waals surface area contributed by atoms with Crippen molar-refractivity contribution in [2.24, 2.45) is 10.7 Å². The van der Waals surface area contributed by atoms with E-state index in [1.165, 1.54) is 0 Å². The average Bonchev–Trinajstić information content (AvgIpc) is 3.15. The van der Waals surface area contributed by atoms with E-state index in [2.05, 4.69) is 30.5 Å². The van der Waals surface area contributed by atoms with Gasteiger partial charge in [-0.25, -0.2) is 9.97 Å². The van der Waals surface area contributed by atoms with Crippen LogP contribution in [0.25, 0.3) is 0 Å². The SMILES string of the molecule is CN=C(NCc1ccc(C(N)=O)o1)NC1CCCN(c2ncccn2)C1.I. The number of hydrogen-bond acceptors (Lipinski definition) is 6. The van der Waals surface area contributed by atoms with Gasteiger partial charge in [0.05, 0.1) is 6.54 Å². The molecule has 27 heavy (non-hydrogen) atoms. The smallest absolute Gasteiger partial charge is 0.284 e. The highest BCUT2D eigenvalue weighted by Gasteiger charge is 2.22. The van der Waals surface area contributed by atoms with E-state index in [0.717, 1.165) is 31.9 Å². The normalized spacial score (nSPS) is 17.1. The Morgan fingerprint density at radius 2 is 2.19 bits per heavy atom. The number of guanidine groups is 1. The largest absolute Gasteiger partial charge is 0.454 e. The maximum absolute atomic E-state index is 11.1. The third kappa shape index (κ3) is 5.81. The van der Waals surface area contributed by atoms with Crippen molar-refractivity contribution in [2.75, 3.05) is 25.0 Å². The number of rotatable bonds is 5. The Morgan fingerprint density at radius 3 is 2.85 bits per heavy atom. The molecule has 0 saturated carbocycles. The molecule has 1 fully saturated rings. The van der Waals surface area contributed by atoms with E-state index in [1.54, 1.807) is 31.6 Å². The summed E-state index contributed by atoms with van der Waals surface area (Å²) in [4.78, 5) is 26.1. The second kappa shape index (κ2) is 10.1. The van der Waals surface area contributed by atoms with E-state index >= 15 is 0 Å². The highest BCUT2D eigenvalue weighted by molar-refractivity contribution is 14.0. The van der Waals surface area contributed by atoms with Crippen molar-refractivity contribution in [1.29, 1.82) is 0 Å². The van der Waals surface area contributed by atoms with Crippen LogP contribution < -0.4 is 21.3 Å². The second-order valence-electron chi connectivity index (χ2n) is 6.03. The molecule has 146 valence electrons. The van der Waals surface area contributed by atoms with Crippen LogP contribution in [-0.2, 0) is 6.54 Å². The quantitative estimate of drug-likeness (QED) is 0.330. The molecule has 3 heterocycles. The number of nitrogens with zero attached hydrogens (tertiary/aromatic N) is 4. The molecule has 0 bridgehead atoms. The fourth-order valence-corrected chi connectivity index (χ4v) is 2.90. The Kier molecular flexibility index (Phi) is 7.82. The molecular formula is C17H24IN7O2. The molecule has 1 aliphatic heterocycles. The Morgan fingerprint density at radius 1 is 1.41 bits per heavy atom. The van der Waals surface area contributed by atoms with Crippen LogP contribution in [0.2, 0.25) is 0 Å². The lowest BCUT2D eigenvalue weighted by Gasteiger charge is -2.33. The van der Waals surface area contributed by atoms with Gasteiger partial charge >= 0.3 is 0 Å². The number of aromatic nitrogens is 2. The molecule has 1 saturated heterocycles. The van der Waals surface area contributed by atoms with Crippen LogP contribution in [0.15, 0.2) is 40.0 Å². The van der Waals surface area contributed by atoms with Crippen LogP contribution in [0.4, 0.5) is 5.95 Å². The number of piperidine rings is 1. The lowest BCUT2D eigenvalue weighted by molar-refractivity contribution is 0.0972. The summed E-state index contributed by atoms with van der Waals surface area (Å²) in [6.07, 6.45) is 5.59. The number of nitrogens with two attached hydrogens (primary N) is 1. The third-order valence-corrected chi connectivity index (χ3v) is 4.16. The van der Waals surface area contributed by atoms with E-state index in [-0.39, 0.29) is 35.8 Å². The number of halogens is 1. The van der Waals surface area contributed by atoms with Crippen LogP contribution in [0.3, 0.4) is 0 Å². The van der Waals surface area contributed by atoms with Crippen LogP contribution in [-0.4, -0.2) is 48.0 Å². The zero-order valence-electron chi connectivity index (χ0n) is 15.1. The summed E-state index contributed by atoms with van der Waals surface area (Å²) < 4.78 is 5.36. The molecule has 1 amide bonds. The molecule has 1 unspecified atom stereocenters. The Hall–Kier alpha value is -2.37. The zero-order valence-corrected chi connectivity index (χ0v) is 17.4. The molecule has 0 aromatic carbocycles. The highest BCUT2D eigenvalue weighted by atomic mass is 127. The van der Waals surface area contributed by atoms with E-state index in [1.807, 2.05) is 6.07 Å². The van der Waals surface area contributed by atoms with Gasteiger partial charge < -0.3 is 25.7 Å². The zero-order chi connectivity index (χ0) is 18.4. The second-order valence-corrected chi connectivity index (χ2v) is 6.03. The lowest BCUT2D eigenvalue weighted by atomic mass is 10.1. The minimum atomic E-state index is -0.579. The summed E-state index contributed by atoms with van der Waals surface area (Å²) >= 11 is 0. The van der Waals surface area contributed by atoms with Crippen molar-refractivity contribution in [2.45, 2.75) is 25.4 Å². The van der Waals surface area contributed by atoms with Crippen molar-refractivity contribution in [3.63, 3.8) is 0 Å². The molecule has 2 aromatic rings. The van der Waals surface area contributed by atoms with Gasteiger partial charge in [-0.15, -0.1) is 24.0 Å². The van der Waals surface area contributed by atoms with Crippen LogP contribution >= 0.6 is 24.0 Å². The minimum Gasteiger partial charge on any atom is -0.454 e. The standard InChI is InChI=1S/C17H23N7O2.HI/c1-19-16(22-10-13-5-6-14(26-13)15(18)25)23-12-4-2-9-24(11-12)17-20-7-3-8-21-17;/h3,5-8,12H,2,4,9-11H2,1H3,(H2,18,25)(H2,19,22,23);1H. The monoisotopic (exact) mass is 485 g/mol. The van der Waals surface area contributed by atoms with Gasteiger partial charge in [0.1, 0.15) is 5.76 Å².